The van der Waals surface area contributed by atoms with E-state index in [2.05, 4.69) is 10.3 Å². The number of benzene rings is 1. The number of amides is 2. The number of thioether (sulfide) groups is 1. The van der Waals surface area contributed by atoms with Crippen LogP contribution in [0.15, 0.2) is 42.6 Å². The van der Waals surface area contributed by atoms with Gasteiger partial charge in [-0.25, -0.2) is 9.78 Å². The molecule has 4 rings (SSSR count). The van der Waals surface area contributed by atoms with Gasteiger partial charge in [0, 0.05) is 7.05 Å². The summed E-state index contributed by atoms with van der Waals surface area (Å²) in [6.07, 6.45) is -6.70. The Bertz CT molecular complexity index is 1150. The number of carbonyl (C=O) groups excluding carboxylic acids is 2. The molecule has 0 radical (unpaired) electrons. The second-order valence-electron chi connectivity index (χ2n) is 8.71. The van der Waals surface area contributed by atoms with Crippen molar-refractivity contribution in [2.24, 2.45) is 0 Å². The third-order valence-electron chi connectivity index (χ3n) is 5.98. The van der Waals surface area contributed by atoms with Gasteiger partial charge in [0.2, 0.25) is 12.2 Å². The molecule has 6 atom stereocenters. The van der Waals surface area contributed by atoms with Gasteiger partial charge in [0.05, 0.1) is 18.0 Å². The SMILES string of the molecule is CN(CCOc1ccc(CC2SC(=O)NC2=O)cc1)c1ccc(O[C@@H]2O[C@H](C(=O)O)[C@@H](O)[C@H](O)[C@H]2O)cn1. The zero-order valence-corrected chi connectivity index (χ0v) is 21.0. The molecule has 2 aliphatic rings. The van der Waals surface area contributed by atoms with Crippen LogP contribution in [0.2, 0.25) is 0 Å². The number of hydrogen-bond acceptors (Lipinski definition) is 12. The Balaban J connectivity index is 1.24. The first kappa shape index (κ1) is 27.6. The summed E-state index contributed by atoms with van der Waals surface area (Å²) in [5.74, 6) is -0.381. The quantitative estimate of drug-likeness (QED) is 0.261. The van der Waals surface area contributed by atoms with Gasteiger partial charge in [0.1, 0.15) is 42.2 Å². The lowest BCUT2D eigenvalue weighted by Gasteiger charge is -2.38. The van der Waals surface area contributed by atoms with Crippen LogP contribution in [-0.4, -0.2) is 98.7 Å². The highest BCUT2D eigenvalue weighted by Crippen LogP contribution is 2.26. The minimum absolute atomic E-state index is 0.160. The van der Waals surface area contributed by atoms with E-state index in [1.165, 1.54) is 12.3 Å². The lowest BCUT2D eigenvalue weighted by Crippen LogP contribution is -2.61. The topological polar surface area (TPSA) is 188 Å². The Morgan fingerprint density at radius 1 is 1.08 bits per heavy atom. The molecule has 3 heterocycles. The van der Waals surface area contributed by atoms with E-state index in [0.29, 0.717) is 31.1 Å². The molecule has 13 nitrogen and oxygen atoms in total. The molecule has 2 aliphatic heterocycles. The molecule has 2 aromatic rings. The fraction of sp³-hybridized carbons (Fsp3) is 0.417. The molecule has 2 fully saturated rings. The zero-order valence-electron chi connectivity index (χ0n) is 20.2. The van der Waals surface area contributed by atoms with Gasteiger partial charge in [-0.2, -0.15) is 0 Å². The largest absolute Gasteiger partial charge is 0.492 e. The molecular formula is C24H27N3O10S. The van der Waals surface area contributed by atoms with E-state index in [0.717, 1.165) is 17.3 Å². The standard InChI is InChI=1S/C24H27N3O10S/c1-27(8-9-35-13-4-2-12(3-5-13)10-15-21(31)26-24(34)38-15)16-7-6-14(11-25-16)36-23-19(30)17(28)18(29)20(37-23)22(32)33/h2-7,11,15,17-20,23,28-30H,8-10H2,1H3,(H,32,33)(H,26,31,34)/t15?,17-,18-,19+,20-,23+/m0/s1. The molecule has 0 saturated carbocycles. The van der Waals surface area contributed by atoms with Crippen molar-refractivity contribution >= 4 is 34.7 Å². The minimum atomic E-state index is -1.80. The highest BCUT2D eigenvalue weighted by Gasteiger charge is 2.48. The number of hydrogen-bond donors (Lipinski definition) is 5. The summed E-state index contributed by atoms with van der Waals surface area (Å²) < 4.78 is 16.3. The smallest absolute Gasteiger partial charge is 0.335 e. The number of anilines is 1. The molecule has 1 aromatic heterocycles. The number of carboxylic acids is 1. The Kier molecular flexibility index (Phi) is 8.69. The van der Waals surface area contributed by atoms with Crippen LogP contribution in [0.25, 0.3) is 0 Å². The number of nitrogens with zero attached hydrogens (tertiary/aromatic N) is 2. The maximum absolute atomic E-state index is 11.7. The molecule has 2 amide bonds. The first-order valence-electron chi connectivity index (χ1n) is 11.6. The first-order valence-corrected chi connectivity index (χ1v) is 12.5. The van der Waals surface area contributed by atoms with E-state index < -0.39 is 41.9 Å². The molecule has 0 aliphatic carbocycles. The van der Waals surface area contributed by atoms with Gasteiger partial charge >= 0.3 is 5.97 Å². The molecule has 14 heteroatoms. The van der Waals surface area contributed by atoms with Crippen LogP contribution in [-0.2, 0) is 20.7 Å². The van der Waals surface area contributed by atoms with Crippen molar-refractivity contribution in [2.45, 2.75) is 42.4 Å². The maximum Gasteiger partial charge on any atom is 0.335 e. The van der Waals surface area contributed by atoms with Crippen molar-refractivity contribution in [3.05, 3.63) is 48.2 Å². The monoisotopic (exact) mass is 549 g/mol. The van der Waals surface area contributed by atoms with Crippen LogP contribution >= 0.6 is 11.8 Å². The van der Waals surface area contributed by atoms with Crippen LogP contribution in [0.5, 0.6) is 11.5 Å². The fourth-order valence-electron chi connectivity index (χ4n) is 3.83. The molecule has 2 saturated heterocycles. The Labute approximate surface area is 221 Å². The number of nitrogens with one attached hydrogen (secondary N) is 1. The number of aliphatic hydroxyl groups is 3. The van der Waals surface area contributed by atoms with Crippen molar-refractivity contribution in [2.75, 3.05) is 25.1 Å². The highest BCUT2D eigenvalue weighted by molar-refractivity contribution is 8.15. The summed E-state index contributed by atoms with van der Waals surface area (Å²) in [7, 11) is 1.81. The average Bonchev–Trinajstić information content (AvgIpc) is 3.21. The van der Waals surface area contributed by atoms with Gasteiger partial charge in [-0.1, -0.05) is 23.9 Å². The number of ether oxygens (including phenoxy) is 3. The zero-order chi connectivity index (χ0) is 27.4. The summed E-state index contributed by atoms with van der Waals surface area (Å²) in [6.45, 7) is 0.842. The molecule has 0 spiro atoms. The summed E-state index contributed by atoms with van der Waals surface area (Å²) in [4.78, 5) is 40.3. The number of aliphatic hydroxyl groups excluding tert-OH is 3. The first-order chi connectivity index (χ1) is 18.1. The van der Waals surface area contributed by atoms with Crippen molar-refractivity contribution in [3.8, 4) is 11.5 Å². The predicted molar refractivity (Wildman–Crippen MR) is 133 cm³/mol. The van der Waals surface area contributed by atoms with E-state index in [-0.39, 0.29) is 16.9 Å². The van der Waals surface area contributed by atoms with Gasteiger partial charge < -0.3 is 39.5 Å². The van der Waals surface area contributed by atoms with Crippen molar-refractivity contribution < 1.29 is 49.0 Å². The number of carboxylic acid groups (broad SMARTS) is 1. The number of aliphatic carboxylic acids is 1. The number of likely N-dealkylation sites (N-methyl/N-ethyl adjacent to an activating group) is 1. The van der Waals surface area contributed by atoms with E-state index in [4.69, 9.17) is 19.3 Å². The molecule has 1 unspecified atom stereocenters. The van der Waals surface area contributed by atoms with Gasteiger partial charge in [0.25, 0.3) is 5.24 Å². The van der Waals surface area contributed by atoms with Crippen LogP contribution in [0.4, 0.5) is 10.6 Å². The number of pyridine rings is 1. The Morgan fingerprint density at radius 3 is 2.39 bits per heavy atom. The second-order valence-corrected chi connectivity index (χ2v) is 9.88. The molecule has 204 valence electrons. The highest BCUT2D eigenvalue weighted by atomic mass is 32.2. The molecule has 0 bridgehead atoms. The van der Waals surface area contributed by atoms with E-state index in [9.17, 15) is 29.7 Å². The lowest BCUT2D eigenvalue weighted by molar-refractivity contribution is -0.271. The normalized spacial score (nSPS) is 27.1. The van der Waals surface area contributed by atoms with Crippen molar-refractivity contribution in [1.82, 2.24) is 10.3 Å². The Hall–Kier alpha value is -3.43. The number of rotatable bonds is 10. The van der Waals surface area contributed by atoms with Gasteiger partial charge in [-0.05, 0) is 36.2 Å². The van der Waals surface area contributed by atoms with Gasteiger partial charge in [-0.15, -0.1) is 0 Å². The lowest BCUT2D eigenvalue weighted by atomic mass is 9.99. The van der Waals surface area contributed by atoms with Crippen LogP contribution in [0.1, 0.15) is 5.56 Å². The van der Waals surface area contributed by atoms with E-state index in [1.807, 2.05) is 24.1 Å². The van der Waals surface area contributed by atoms with Crippen molar-refractivity contribution in [3.63, 3.8) is 0 Å². The molecule has 5 N–H and O–H groups in total. The summed E-state index contributed by atoms with van der Waals surface area (Å²) in [6, 6.07) is 10.5. The van der Waals surface area contributed by atoms with Gasteiger partial charge in [-0.3, -0.25) is 14.9 Å². The van der Waals surface area contributed by atoms with E-state index in [1.54, 1.807) is 18.2 Å². The third-order valence-corrected chi connectivity index (χ3v) is 6.97. The maximum atomic E-state index is 11.7. The van der Waals surface area contributed by atoms with Gasteiger partial charge in [0.15, 0.2) is 6.10 Å². The van der Waals surface area contributed by atoms with Crippen molar-refractivity contribution in [1.29, 1.82) is 0 Å². The second kappa shape index (κ2) is 12.0. The number of carbonyl (C=O) groups is 3. The minimum Gasteiger partial charge on any atom is -0.492 e. The predicted octanol–water partition coefficient (Wildman–Crippen LogP) is -0.238. The molecule has 38 heavy (non-hydrogen) atoms. The molecular weight excluding hydrogens is 522 g/mol. The summed E-state index contributed by atoms with van der Waals surface area (Å²) >= 11 is 0.990. The summed E-state index contributed by atoms with van der Waals surface area (Å²) in [5, 5.41) is 40.4. The number of imide groups is 1. The van der Waals surface area contributed by atoms with Crippen LogP contribution in [0, 0.1) is 0 Å². The van der Waals surface area contributed by atoms with E-state index >= 15 is 0 Å². The fourth-order valence-corrected chi connectivity index (χ4v) is 4.69. The summed E-state index contributed by atoms with van der Waals surface area (Å²) in [5.41, 5.74) is 0.915. The molecule has 1 aromatic carbocycles. The Morgan fingerprint density at radius 2 is 1.79 bits per heavy atom. The third kappa shape index (κ3) is 6.52. The average molecular weight is 550 g/mol. The number of aromatic nitrogens is 1. The van der Waals surface area contributed by atoms with Crippen LogP contribution in [0.3, 0.4) is 0 Å². The van der Waals surface area contributed by atoms with Crippen LogP contribution < -0.4 is 19.7 Å².